The summed E-state index contributed by atoms with van der Waals surface area (Å²) in [7, 11) is 0. The molecule has 0 radical (unpaired) electrons. The maximum absolute atomic E-state index is 12.4. The lowest BCUT2D eigenvalue weighted by atomic mass is 9.96. The van der Waals surface area contributed by atoms with Gasteiger partial charge in [0, 0.05) is 37.2 Å². The van der Waals surface area contributed by atoms with Gasteiger partial charge >= 0.3 is 12.0 Å². The van der Waals surface area contributed by atoms with Crippen LogP contribution in [-0.4, -0.2) is 34.0 Å². The van der Waals surface area contributed by atoms with Crippen LogP contribution < -0.4 is 10.1 Å². The molecule has 1 atom stereocenters. The Bertz CT molecular complexity index is 678. The van der Waals surface area contributed by atoms with Gasteiger partial charge in [0.25, 0.3) is 0 Å². The third kappa shape index (κ3) is 4.22. The lowest BCUT2D eigenvalue weighted by Gasteiger charge is -2.32. The third-order valence-electron chi connectivity index (χ3n) is 4.22. The van der Waals surface area contributed by atoms with Gasteiger partial charge in [-0.25, -0.2) is 14.8 Å². The Morgan fingerprint density at radius 1 is 1.33 bits per heavy atom. The van der Waals surface area contributed by atoms with E-state index in [1.54, 1.807) is 30.6 Å². The second-order valence-electron chi connectivity index (χ2n) is 5.95. The first kappa shape index (κ1) is 16.2. The fourth-order valence-electron chi connectivity index (χ4n) is 2.87. The normalized spacial score (nSPS) is 17.4. The molecule has 1 aliphatic heterocycles. The molecular formula is C18H22N4O2. The number of likely N-dealkylation sites (tertiary alicyclic amines) is 1. The van der Waals surface area contributed by atoms with Gasteiger partial charge in [-0.15, -0.1) is 0 Å². The first-order valence-electron chi connectivity index (χ1n) is 8.35. The van der Waals surface area contributed by atoms with Crippen LogP contribution in [0.5, 0.6) is 11.8 Å². The van der Waals surface area contributed by atoms with Crippen LogP contribution in [0.15, 0.2) is 42.7 Å². The summed E-state index contributed by atoms with van der Waals surface area (Å²) in [4.78, 5) is 22.4. The number of hydrogen-bond donors (Lipinski definition) is 1. The highest BCUT2D eigenvalue weighted by Gasteiger charge is 2.22. The molecule has 0 spiro atoms. The Labute approximate surface area is 141 Å². The summed E-state index contributed by atoms with van der Waals surface area (Å²) in [5.41, 5.74) is 0.701. The number of anilines is 1. The van der Waals surface area contributed by atoms with Crippen LogP contribution in [0.1, 0.15) is 26.2 Å². The van der Waals surface area contributed by atoms with E-state index in [1.807, 2.05) is 17.0 Å². The summed E-state index contributed by atoms with van der Waals surface area (Å²) in [5.74, 6) is 1.19. The van der Waals surface area contributed by atoms with Crippen molar-refractivity contribution in [1.82, 2.24) is 14.9 Å². The van der Waals surface area contributed by atoms with Gasteiger partial charge in [-0.1, -0.05) is 19.4 Å². The molecule has 0 saturated carbocycles. The van der Waals surface area contributed by atoms with Gasteiger partial charge in [-0.3, -0.25) is 0 Å². The summed E-state index contributed by atoms with van der Waals surface area (Å²) in [6.07, 6.45) is 6.63. The third-order valence-corrected chi connectivity index (χ3v) is 4.22. The van der Waals surface area contributed by atoms with E-state index in [4.69, 9.17) is 4.74 Å². The van der Waals surface area contributed by atoms with Crippen LogP contribution in [0, 0.1) is 5.92 Å². The van der Waals surface area contributed by atoms with Crippen LogP contribution in [0.25, 0.3) is 0 Å². The standard InChI is InChI=1S/C18H22N4O2/c1-2-14-6-4-11-22(13-14)18(23)21-15-7-3-8-16(12-15)24-17-19-9-5-10-20-17/h3,5,7-10,12,14H,2,4,6,11,13H2,1H3,(H,21,23). The van der Waals surface area contributed by atoms with Crippen molar-refractivity contribution in [2.75, 3.05) is 18.4 Å². The number of rotatable bonds is 4. The van der Waals surface area contributed by atoms with E-state index in [0.29, 0.717) is 17.4 Å². The molecule has 6 nitrogen and oxygen atoms in total. The summed E-state index contributed by atoms with van der Waals surface area (Å²) < 4.78 is 5.59. The van der Waals surface area contributed by atoms with Crippen molar-refractivity contribution >= 4 is 11.7 Å². The molecule has 1 unspecified atom stereocenters. The number of amides is 2. The molecule has 2 aromatic rings. The van der Waals surface area contributed by atoms with Crippen molar-refractivity contribution in [3.8, 4) is 11.8 Å². The monoisotopic (exact) mass is 326 g/mol. The smallest absolute Gasteiger partial charge is 0.321 e. The molecule has 1 saturated heterocycles. The zero-order chi connectivity index (χ0) is 16.8. The van der Waals surface area contributed by atoms with Crippen molar-refractivity contribution in [3.63, 3.8) is 0 Å². The minimum atomic E-state index is -0.0544. The second-order valence-corrected chi connectivity index (χ2v) is 5.95. The van der Waals surface area contributed by atoms with Gasteiger partial charge in [0.05, 0.1) is 0 Å². The highest BCUT2D eigenvalue weighted by atomic mass is 16.5. The molecular weight excluding hydrogens is 304 g/mol. The van der Waals surface area contributed by atoms with Crippen LogP contribution in [0.4, 0.5) is 10.5 Å². The Kier molecular flexibility index (Phi) is 5.25. The van der Waals surface area contributed by atoms with Gasteiger partial charge < -0.3 is 15.0 Å². The first-order valence-corrected chi connectivity index (χ1v) is 8.35. The number of nitrogens with one attached hydrogen (secondary N) is 1. The van der Waals surface area contributed by atoms with Crippen molar-refractivity contribution in [3.05, 3.63) is 42.7 Å². The predicted octanol–water partition coefficient (Wildman–Crippen LogP) is 3.92. The molecule has 1 fully saturated rings. The zero-order valence-electron chi connectivity index (χ0n) is 13.8. The van der Waals surface area contributed by atoms with Crippen LogP contribution in [-0.2, 0) is 0 Å². The van der Waals surface area contributed by atoms with E-state index in [-0.39, 0.29) is 12.0 Å². The quantitative estimate of drug-likeness (QED) is 0.924. The Morgan fingerprint density at radius 3 is 2.96 bits per heavy atom. The van der Waals surface area contributed by atoms with Crippen LogP contribution in [0.3, 0.4) is 0 Å². The number of hydrogen-bond acceptors (Lipinski definition) is 4. The van der Waals surface area contributed by atoms with E-state index in [2.05, 4.69) is 22.2 Å². The van der Waals surface area contributed by atoms with E-state index in [1.165, 1.54) is 6.42 Å². The van der Waals surface area contributed by atoms with Gasteiger partial charge in [-0.2, -0.15) is 0 Å². The number of ether oxygens (including phenoxy) is 1. The molecule has 1 aromatic carbocycles. The van der Waals surface area contributed by atoms with Crippen molar-refractivity contribution in [2.45, 2.75) is 26.2 Å². The van der Waals surface area contributed by atoms with Crippen molar-refractivity contribution in [2.24, 2.45) is 5.92 Å². The van der Waals surface area contributed by atoms with Crippen LogP contribution >= 0.6 is 0 Å². The number of piperidine rings is 1. The molecule has 6 heteroatoms. The van der Waals surface area contributed by atoms with E-state index in [0.717, 1.165) is 25.9 Å². The number of benzene rings is 1. The minimum absolute atomic E-state index is 0.0544. The van der Waals surface area contributed by atoms with Gasteiger partial charge in [0.1, 0.15) is 5.75 Å². The predicted molar refractivity (Wildman–Crippen MR) is 92.2 cm³/mol. The highest BCUT2D eigenvalue weighted by Crippen LogP contribution is 2.23. The van der Waals surface area contributed by atoms with Gasteiger partial charge in [-0.05, 0) is 37.0 Å². The number of carbonyl (C=O) groups excluding carboxylic acids is 1. The lowest BCUT2D eigenvalue weighted by molar-refractivity contribution is 0.176. The topological polar surface area (TPSA) is 67.4 Å². The summed E-state index contributed by atoms with van der Waals surface area (Å²) >= 11 is 0. The van der Waals surface area contributed by atoms with E-state index in [9.17, 15) is 4.79 Å². The second kappa shape index (κ2) is 7.77. The lowest BCUT2D eigenvalue weighted by Crippen LogP contribution is -2.42. The zero-order valence-corrected chi connectivity index (χ0v) is 13.8. The van der Waals surface area contributed by atoms with Gasteiger partial charge in [0.2, 0.25) is 0 Å². The molecule has 0 bridgehead atoms. The molecule has 0 aliphatic carbocycles. The van der Waals surface area contributed by atoms with Crippen LogP contribution in [0.2, 0.25) is 0 Å². The van der Waals surface area contributed by atoms with Gasteiger partial charge in [0.15, 0.2) is 0 Å². The molecule has 1 aromatic heterocycles. The average Bonchev–Trinajstić information content (AvgIpc) is 2.63. The molecule has 3 rings (SSSR count). The van der Waals surface area contributed by atoms with Crippen molar-refractivity contribution < 1.29 is 9.53 Å². The first-order chi connectivity index (χ1) is 11.7. The Balaban J connectivity index is 1.63. The molecule has 126 valence electrons. The fraction of sp³-hybridized carbons (Fsp3) is 0.389. The summed E-state index contributed by atoms with van der Waals surface area (Å²) in [5, 5.41) is 2.95. The fourth-order valence-corrected chi connectivity index (χ4v) is 2.87. The molecule has 24 heavy (non-hydrogen) atoms. The average molecular weight is 326 g/mol. The maximum atomic E-state index is 12.4. The molecule has 1 aliphatic rings. The van der Waals surface area contributed by atoms with E-state index >= 15 is 0 Å². The Morgan fingerprint density at radius 2 is 2.17 bits per heavy atom. The largest absolute Gasteiger partial charge is 0.424 e. The van der Waals surface area contributed by atoms with Crippen molar-refractivity contribution in [1.29, 1.82) is 0 Å². The number of carbonyl (C=O) groups is 1. The minimum Gasteiger partial charge on any atom is -0.424 e. The number of urea groups is 1. The van der Waals surface area contributed by atoms with E-state index < -0.39 is 0 Å². The SMILES string of the molecule is CCC1CCCN(C(=O)Nc2cccc(Oc3ncccn3)c2)C1. The number of nitrogens with zero attached hydrogens (tertiary/aromatic N) is 3. The highest BCUT2D eigenvalue weighted by molar-refractivity contribution is 5.89. The maximum Gasteiger partial charge on any atom is 0.321 e. The Hall–Kier alpha value is -2.63. The number of aromatic nitrogens is 2. The molecule has 2 amide bonds. The molecule has 2 heterocycles. The summed E-state index contributed by atoms with van der Waals surface area (Å²) in [6, 6.07) is 9.21. The molecule has 1 N–H and O–H groups in total. The summed E-state index contributed by atoms with van der Waals surface area (Å²) in [6.45, 7) is 3.82.